The molecule has 0 aromatic heterocycles. The first-order chi connectivity index (χ1) is 7.47. The average Bonchev–Trinajstić information content (AvgIpc) is 2.26. The zero-order chi connectivity index (χ0) is 12.3. The van der Waals surface area contributed by atoms with E-state index in [2.05, 4.69) is 0 Å². The summed E-state index contributed by atoms with van der Waals surface area (Å²) in [5.41, 5.74) is 6.35. The van der Waals surface area contributed by atoms with E-state index in [1.54, 1.807) is 5.43 Å². The smallest absolute Gasteiger partial charge is 0.336 e. The van der Waals surface area contributed by atoms with Crippen molar-refractivity contribution < 1.29 is 19.5 Å². The van der Waals surface area contributed by atoms with Crippen molar-refractivity contribution in [2.75, 3.05) is 0 Å². The third-order valence-corrected chi connectivity index (χ3v) is 1.91. The van der Waals surface area contributed by atoms with Crippen LogP contribution in [0.1, 0.15) is 31.1 Å². The number of nitrogens with one attached hydrogen (secondary N) is 1. The standard InChI is InChI=1S/C9H9N3O4/c10-7(13)4-1-2-5(9(15)16)6(3-4)8(14)12-11/h1-3H,11H2,(H2,10,13)(H,12,14)(H,15,16). The molecule has 84 valence electrons. The SMILES string of the molecule is NNC(=O)c1cc(C(N)=O)ccc1C(=O)O. The molecular formula is C9H9N3O4. The maximum absolute atomic E-state index is 11.3. The summed E-state index contributed by atoms with van der Waals surface area (Å²) in [5, 5.41) is 8.80. The summed E-state index contributed by atoms with van der Waals surface area (Å²) in [6.07, 6.45) is 0. The molecule has 0 bridgehead atoms. The van der Waals surface area contributed by atoms with E-state index in [4.69, 9.17) is 16.7 Å². The molecule has 7 heteroatoms. The van der Waals surface area contributed by atoms with Crippen LogP contribution in [-0.4, -0.2) is 22.9 Å². The van der Waals surface area contributed by atoms with Crippen molar-refractivity contribution in [2.24, 2.45) is 11.6 Å². The summed E-state index contributed by atoms with van der Waals surface area (Å²) >= 11 is 0. The van der Waals surface area contributed by atoms with Crippen LogP contribution in [0.4, 0.5) is 0 Å². The van der Waals surface area contributed by atoms with Crippen molar-refractivity contribution >= 4 is 17.8 Å². The second kappa shape index (κ2) is 4.41. The first-order valence-electron chi connectivity index (χ1n) is 4.15. The summed E-state index contributed by atoms with van der Waals surface area (Å²) in [4.78, 5) is 32.9. The Morgan fingerprint density at radius 1 is 1.19 bits per heavy atom. The highest BCUT2D eigenvalue weighted by Crippen LogP contribution is 2.12. The molecule has 0 fully saturated rings. The van der Waals surface area contributed by atoms with E-state index in [1.807, 2.05) is 0 Å². The zero-order valence-electron chi connectivity index (χ0n) is 8.06. The maximum Gasteiger partial charge on any atom is 0.336 e. The molecule has 0 atom stereocenters. The summed E-state index contributed by atoms with van der Waals surface area (Å²) in [7, 11) is 0. The number of hydrogen-bond donors (Lipinski definition) is 4. The molecule has 6 N–H and O–H groups in total. The van der Waals surface area contributed by atoms with Crippen molar-refractivity contribution in [2.45, 2.75) is 0 Å². The number of aromatic carboxylic acids is 1. The highest BCUT2D eigenvalue weighted by atomic mass is 16.4. The number of carboxylic acid groups (broad SMARTS) is 1. The van der Waals surface area contributed by atoms with Gasteiger partial charge in [0.05, 0.1) is 11.1 Å². The van der Waals surface area contributed by atoms with Gasteiger partial charge >= 0.3 is 5.97 Å². The Morgan fingerprint density at radius 3 is 2.25 bits per heavy atom. The van der Waals surface area contributed by atoms with E-state index < -0.39 is 17.8 Å². The van der Waals surface area contributed by atoms with Gasteiger partial charge in [0.15, 0.2) is 0 Å². The number of benzene rings is 1. The average molecular weight is 223 g/mol. The van der Waals surface area contributed by atoms with Gasteiger partial charge in [-0.25, -0.2) is 10.6 Å². The van der Waals surface area contributed by atoms with Crippen LogP contribution in [-0.2, 0) is 0 Å². The molecule has 1 aromatic rings. The molecule has 0 radical (unpaired) electrons. The van der Waals surface area contributed by atoms with Crippen LogP contribution in [0.5, 0.6) is 0 Å². The lowest BCUT2D eigenvalue weighted by atomic mass is 10.0. The molecule has 0 aliphatic rings. The van der Waals surface area contributed by atoms with Crippen molar-refractivity contribution in [3.05, 3.63) is 34.9 Å². The number of amides is 2. The van der Waals surface area contributed by atoms with Gasteiger partial charge in [0.2, 0.25) is 5.91 Å². The molecule has 7 nitrogen and oxygen atoms in total. The van der Waals surface area contributed by atoms with Gasteiger partial charge in [-0.3, -0.25) is 15.0 Å². The molecule has 2 amide bonds. The van der Waals surface area contributed by atoms with Crippen LogP contribution in [0.15, 0.2) is 18.2 Å². The molecular weight excluding hydrogens is 214 g/mol. The minimum absolute atomic E-state index is 0.0311. The fourth-order valence-electron chi connectivity index (χ4n) is 1.15. The normalized spacial score (nSPS) is 9.56. The van der Waals surface area contributed by atoms with E-state index >= 15 is 0 Å². The van der Waals surface area contributed by atoms with Gasteiger partial charge in [-0.05, 0) is 18.2 Å². The first-order valence-corrected chi connectivity index (χ1v) is 4.15. The van der Waals surface area contributed by atoms with Gasteiger partial charge in [0, 0.05) is 5.56 Å². The molecule has 0 heterocycles. The number of hydrazine groups is 1. The lowest BCUT2D eigenvalue weighted by Crippen LogP contribution is -2.31. The Labute approximate surface area is 90.0 Å². The summed E-state index contributed by atoms with van der Waals surface area (Å²) in [5.74, 6) is 2.03. The Bertz CT molecular complexity index is 470. The number of hydrogen-bond acceptors (Lipinski definition) is 4. The molecule has 0 unspecified atom stereocenters. The molecule has 1 rings (SSSR count). The molecule has 0 saturated heterocycles. The summed E-state index contributed by atoms with van der Waals surface area (Å²) in [6.45, 7) is 0. The van der Waals surface area contributed by atoms with Crippen LogP contribution in [0.2, 0.25) is 0 Å². The largest absolute Gasteiger partial charge is 0.478 e. The van der Waals surface area contributed by atoms with Gasteiger partial charge < -0.3 is 10.8 Å². The quantitative estimate of drug-likeness (QED) is 0.298. The van der Waals surface area contributed by atoms with Gasteiger partial charge in [0.25, 0.3) is 5.91 Å². The number of carboxylic acids is 1. The fourth-order valence-corrected chi connectivity index (χ4v) is 1.15. The zero-order valence-corrected chi connectivity index (χ0v) is 8.06. The fraction of sp³-hybridized carbons (Fsp3) is 0. The maximum atomic E-state index is 11.3. The minimum Gasteiger partial charge on any atom is -0.478 e. The Kier molecular flexibility index (Phi) is 3.21. The number of carbonyl (C=O) groups is 3. The van der Waals surface area contributed by atoms with Crippen LogP contribution < -0.4 is 17.0 Å². The summed E-state index contributed by atoms with van der Waals surface area (Å²) in [6, 6.07) is 3.42. The number of carbonyl (C=O) groups excluding carboxylic acids is 2. The van der Waals surface area contributed by atoms with E-state index in [0.717, 1.165) is 12.1 Å². The van der Waals surface area contributed by atoms with E-state index in [1.165, 1.54) is 6.07 Å². The number of primary amides is 1. The first kappa shape index (κ1) is 11.7. The predicted molar refractivity (Wildman–Crippen MR) is 53.6 cm³/mol. The van der Waals surface area contributed by atoms with Crippen LogP contribution >= 0.6 is 0 Å². The molecule has 1 aromatic carbocycles. The third-order valence-electron chi connectivity index (χ3n) is 1.91. The van der Waals surface area contributed by atoms with Crippen molar-refractivity contribution in [1.29, 1.82) is 0 Å². The van der Waals surface area contributed by atoms with E-state index in [0.29, 0.717) is 0 Å². The van der Waals surface area contributed by atoms with Crippen molar-refractivity contribution in [3.8, 4) is 0 Å². The highest BCUT2D eigenvalue weighted by molar-refractivity contribution is 6.06. The van der Waals surface area contributed by atoms with Gasteiger partial charge in [0.1, 0.15) is 0 Å². The van der Waals surface area contributed by atoms with Gasteiger partial charge in [-0.2, -0.15) is 0 Å². The molecule has 0 aliphatic carbocycles. The topological polar surface area (TPSA) is 136 Å². The molecule has 16 heavy (non-hydrogen) atoms. The number of rotatable bonds is 3. The lowest BCUT2D eigenvalue weighted by Gasteiger charge is -2.05. The second-order valence-electron chi connectivity index (χ2n) is 2.90. The molecule has 0 spiro atoms. The van der Waals surface area contributed by atoms with Gasteiger partial charge in [-0.15, -0.1) is 0 Å². The number of nitrogens with two attached hydrogens (primary N) is 2. The molecule has 0 aliphatic heterocycles. The predicted octanol–water partition coefficient (Wildman–Crippen LogP) is -0.913. The van der Waals surface area contributed by atoms with Crippen molar-refractivity contribution in [1.82, 2.24) is 5.43 Å². The van der Waals surface area contributed by atoms with Crippen LogP contribution in [0, 0.1) is 0 Å². The second-order valence-corrected chi connectivity index (χ2v) is 2.90. The lowest BCUT2D eigenvalue weighted by molar-refractivity contribution is 0.0690. The monoisotopic (exact) mass is 223 g/mol. The summed E-state index contributed by atoms with van der Waals surface area (Å²) < 4.78 is 0. The Balaban J connectivity index is 3.38. The highest BCUT2D eigenvalue weighted by Gasteiger charge is 2.17. The molecule has 0 saturated carbocycles. The van der Waals surface area contributed by atoms with Gasteiger partial charge in [-0.1, -0.05) is 0 Å². The van der Waals surface area contributed by atoms with Crippen LogP contribution in [0.25, 0.3) is 0 Å². The Hall–Kier alpha value is -2.41. The third kappa shape index (κ3) is 2.15. The van der Waals surface area contributed by atoms with Crippen LogP contribution in [0.3, 0.4) is 0 Å². The Morgan fingerprint density at radius 2 is 1.81 bits per heavy atom. The minimum atomic E-state index is -1.30. The van der Waals surface area contributed by atoms with E-state index in [9.17, 15) is 14.4 Å². The van der Waals surface area contributed by atoms with E-state index in [-0.39, 0.29) is 16.7 Å². The van der Waals surface area contributed by atoms with Crippen molar-refractivity contribution in [3.63, 3.8) is 0 Å². The number of nitrogen functional groups attached to an aromatic ring is 1.